The minimum absolute atomic E-state index is 0.0930. The fraction of sp³-hybridized carbons (Fsp3) is 0.522. The molecule has 1 aromatic carbocycles. The fourth-order valence-corrected chi connectivity index (χ4v) is 4.65. The largest absolute Gasteiger partial charge is 0.492 e. The van der Waals surface area contributed by atoms with Crippen molar-refractivity contribution in [1.29, 1.82) is 0 Å². The Balaban J connectivity index is 1.37. The van der Waals surface area contributed by atoms with Crippen molar-refractivity contribution < 1.29 is 14.2 Å². The van der Waals surface area contributed by atoms with Gasteiger partial charge >= 0.3 is 0 Å². The van der Waals surface area contributed by atoms with Gasteiger partial charge < -0.3 is 24.4 Å². The number of ether oxygens (including phenoxy) is 3. The third-order valence-corrected chi connectivity index (χ3v) is 6.76. The van der Waals surface area contributed by atoms with Gasteiger partial charge in [-0.3, -0.25) is 4.90 Å². The molecule has 2 aromatic heterocycles. The Labute approximate surface area is 197 Å². The van der Waals surface area contributed by atoms with Crippen LogP contribution in [0.4, 0.5) is 10.9 Å². The predicted molar refractivity (Wildman–Crippen MR) is 129 cm³/mol. The van der Waals surface area contributed by atoms with Crippen molar-refractivity contribution in [2.45, 2.75) is 18.9 Å². The summed E-state index contributed by atoms with van der Waals surface area (Å²) in [4.78, 5) is 18.1. The first-order valence-corrected chi connectivity index (χ1v) is 12.4. The molecular weight excluding hydrogens is 440 g/mol. The minimum Gasteiger partial charge on any atom is -0.492 e. The molecule has 10 heteroatoms. The maximum atomic E-state index is 6.46. The number of thiazole rings is 1. The molecular formula is C23H30N6O3S. The van der Waals surface area contributed by atoms with Crippen molar-refractivity contribution in [2.24, 2.45) is 0 Å². The number of nitrogens with one attached hydrogen (secondary N) is 1. The van der Waals surface area contributed by atoms with Crippen LogP contribution in [0.15, 0.2) is 30.0 Å². The van der Waals surface area contributed by atoms with Crippen molar-refractivity contribution in [2.75, 3.05) is 64.9 Å². The van der Waals surface area contributed by atoms with Gasteiger partial charge in [0.2, 0.25) is 0 Å². The molecule has 2 fully saturated rings. The zero-order chi connectivity index (χ0) is 22.5. The first-order chi connectivity index (χ1) is 16.2. The quantitative estimate of drug-likeness (QED) is 0.534. The van der Waals surface area contributed by atoms with Gasteiger partial charge in [0.1, 0.15) is 36.4 Å². The van der Waals surface area contributed by atoms with Gasteiger partial charge in [0.15, 0.2) is 5.13 Å². The van der Waals surface area contributed by atoms with E-state index in [9.17, 15) is 0 Å². The van der Waals surface area contributed by atoms with Crippen LogP contribution in [-0.2, 0) is 4.74 Å². The van der Waals surface area contributed by atoms with E-state index in [2.05, 4.69) is 37.1 Å². The normalized spacial score (nSPS) is 18.5. The van der Waals surface area contributed by atoms with E-state index >= 15 is 0 Å². The van der Waals surface area contributed by atoms with Gasteiger partial charge in [-0.15, -0.1) is 11.3 Å². The molecule has 0 radical (unpaired) electrons. The molecule has 0 spiro atoms. The molecule has 2 aliphatic rings. The highest BCUT2D eigenvalue weighted by Gasteiger charge is 2.20. The number of hydrogen-bond donors (Lipinski definition) is 1. The molecule has 0 amide bonds. The van der Waals surface area contributed by atoms with Crippen LogP contribution >= 0.6 is 11.3 Å². The van der Waals surface area contributed by atoms with E-state index in [1.807, 2.05) is 17.5 Å². The number of likely N-dealkylation sites (N-methyl/N-ethyl adjacent to an activating group) is 1. The van der Waals surface area contributed by atoms with Gasteiger partial charge in [0.25, 0.3) is 0 Å². The van der Waals surface area contributed by atoms with E-state index < -0.39 is 0 Å². The second kappa shape index (κ2) is 10.6. The van der Waals surface area contributed by atoms with Gasteiger partial charge in [0.05, 0.1) is 24.1 Å². The third kappa shape index (κ3) is 5.70. The smallest absolute Gasteiger partial charge is 0.188 e. The lowest BCUT2D eigenvalue weighted by molar-refractivity contribution is 0.0261. The second-order valence-corrected chi connectivity index (χ2v) is 9.32. The summed E-state index contributed by atoms with van der Waals surface area (Å²) in [7, 11) is 2.17. The topological polar surface area (TPSA) is 84.9 Å². The van der Waals surface area contributed by atoms with E-state index in [0.717, 1.165) is 73.1 Å². The van der Waals surface area contributed by atoms with Crippen molar-refractivity contribution >= 4 is 33.2 Å². The molecule has 0 unspecified atom stereocenters. The Morgan fingerprint density at radius 3 is 2.76 bits per heavy atom. The van der Waals surface area contributed by atoms with Crippen LogP contribution < -0.4 is 14.8 Å². The number of aromatic nitrogens is 3. The number of benzene rings is 1. The van der Waals surface area contributed by atoms with Gasteiger partial charge in [-0.2, -0.15) is 0 Å². The molecule has 0 aliphatic carbocycles. The Morgan fingerprint density at radius 2 is 1.97 bits per heavy atom. The molecule has 4 heterocycles. The number of nitrogens with zero attached hydrogens (tertiary/aromatic N) is 5. The number of fused-ring (bicyclic) bond motifs is 1. The summed E-state index contributed by atoms with van der Waals surface area (Å²) in [6, 6.07) is 3.93. The van der Waals surface area contributed by atoms with Crippen LogP contribution in [0.2, 0.25) is 0 Å². The lowest BCUT2D eigenvalue weighted by atomic mass is 10.1. The zero-order valence-corrected chi connectivity index (χ0v) is 19.7. The number of hydrogen-bond acceptors (Lipinski definition) is 10. The molecule has 0 bridgehead atoms. The highest BCUT2D eigenvalue weighted by atomic mass is 32.1. The molecule has 3 aromatic rings. The maximum absolute atomic E-state index is 6.46. The summed E-state index contributed by atoms with van der Waals surface area (Å²) < 4.78 is 18.1. The van der Waals surface area contributed by atoms with Crippen LogP contribution in [0, 0.1) is 0 Å². The molecule has 0 atom stereocenters. The molecule has 2 saturated heterocycles. The van der Waals surface area contributed by atoms with Crippen molar-refractivity contribution in [3.05, 3.63) is 30.0 Å². The zero-order valence-electron chi connectivity index (χ0n) is 18.9. The van der Waals surface area contributed by atoms with Crippen LogP contribution in [-0.4, -0.2) is 90.4 Å². The lowest BCUT2D eigenvalue weighted by Gasteiger charge is -2.32. The predicted octanol–water partition coefficient (Wildman–Crippen LogP) is 3.01. The van der Waals surface area contributed by atoms with E-state index in [0.29, 0.717) is 25.6 Å². The van der Waals surface area contributed by atoms with Gasteiger partial charge in [-0.25, -0.2) is 15.0 Å². The fourth-order valence-electron chi connectivity index (χ4n) is 4.12. The van der Waals surface area contributed by atoms with E-state index in [-0.39, 0.29) is 6.10 Å². The van der Waals surface area contributed by atoms with Crippen LogP contribution in [0.25, 0.3) is 10.9 Å². The first kappa shape index (κ1) is 22.3. The summed E-state index contributed by atoms with van der Waals surface area (Å²) >= 11 is 1.52. The highest BCUT2D eigenvalue weighted by molar-refractivity contribution is 7.13. The van der Waals surface area contributed by atoms with Gasteiger partial charge in [-0.05, 0) is 7.05 Å². The Kier molecular flexibility index (Phi) is 7.15. The number of rotatable bonds is 8. The highest BCUT2D eigenvalue weighted by Crippen LogP contribution is 2.37. The summed E-state index contributed by atoms with van der Waals surface area (Å²) in [5.74, 6) is 2.17. The molecule has 2 aliphatic heterocycles. The minimum atomic E-state index is 0.0930. The SMILES string of the molecule is CN1CCN(CCOc2cc(OC3CCOCC3)c3c(Nc4nccs4)ncnc3c2)CC1. The third-order valence-electron chi connectivity index (χ3n) is 6.07. The van der Waals surface area contributed by atoms with Crippen LogP contribution in [0.5, 0.6) is 11.5 Å². The van der Waals surface area contributed by atoms with Gasteiger partial charge in [0, 0.05) is 69.3 Å². The number of anilines is 2. The van der Waals surface area contributed by atoms with Gasteiger partial charge in [-0.1, -0.05) is 0 Å². The maximum Gasteiger partial charge on any atom is 0.188 e. The first-order valence-electron chi connectivity index (χ1n) is 11.5. The molecule has 5 rings (SSSR count). The summed E-state index contributed by atoms with van der Waals surface area (Å²) in [6.07, 6.45) is 5.14. The van der Waals surface area contributed by atoms with E-state index in [1.165, 1.54) is 11.3 Å². The Morgan fingerprint density at radius 1 is 1.12 bits per heavy atom. The molecule has 176 valence electrons. The summed E-state index contributed by atoms with van der Waals surface area (Å²) in [6.45, 7) is 7.32. The molecule has 0 saturated carbocycles. The molecule has 9 nitrogen and oxygen atoms in total. The average Bonchev–Trinajstić information content (AvgIpc) is 3.34. The van der Waals surface area contributed by atoms with E-state index in [4.69, 9.17) is 14.2 Å². The Bertz CT molecular complexity index is 1040. The summed E-state index contributed by atoms with van der Waals surface area (Å²) in [5, 5.41) is 6.86. The van der Waals surface area contributed by atoms with Crippen molar-refractivity contribution in [1.82, 2.24) is 24.8 Å². The van der Waals surface area contributed by atoms with E-state index in [1.54, 1.807) is 12.5 Å². The summed E-state index contributed by atoms with van der Waals surface area (Å²) in [5.41, 5.74) is 0.781. The van der Waals surface area contributed by atoms with Crippen LogP contribution in [0.1, 0.15) is 12.8 Å². The standard InChI is InChI=1S/C23H30N6O3S/c1-28-5-7-29(8-6-28)9-12-31-18-14-19-21(20(15-18)32-17-2-10-30-11-3-17)22(26-16-25-19)27-23-24-4-13-33-23/h4,13-17H,2-3,5-12H2,1H3,(H,24,25,26,27). The Hall–Kier alpha value is -2.53. The monoisotopic (exact) mass is 470 g/mol. The van der Waals surface area contributed by atoms with Crippen molar-refractivity contribution in [3.8, 4) is 11.5 Å². The lowest BCUT2D eigenvalue weighted by Crippen LogP contribution is -2.45. The van der Waals surface area contributed by atoms with Crippen LogP contribution in [0.3, 0.4) is 0 Å². The average molecular weight is 471 g/mol. The molecule has 1 N–H and O–H groups in total. The second-order valence-electron chi connectivity index (χ2n) is 8.42. The number of piperazine rings is 1. The molecule has 33 heavy (non-hydrogen) atoms. The van der Waals surface area contributed by atoms with Crippen molar-refractivity contribution in [3.63, 3.8) is 0 Å².